The maximum atomic E-state index is 13.0. The first kappa shape index (κ1) is 24.1. The minimum atomic E-state index is -0.707. The fourth-order valence-corrected chi connectivity index (χ4v) is 3.91. The molecule has 2 aromatic rings. The lowest BCUT2D eigenvalue weighted by Gasteiger charge is -2.33. The van der Waals surface area contributed by atoms with Crippen molar-refractivity contribution < 1.29 is 19.1 Å². The third kappa shape index (κ3) is 6.97. The number of hydrogen-bond donors (Lipinski definition) is 3. The molecule has 3 rings (SSSR count). The summed E-state index contributed by atoms with van der Waals surface area (Å²) in [6.07, 6.45) is 1.62. The van der Waals surface area contributed by atoms with Crippen molar-refractivity contribution in [2.24, 2.45) is 0 Å². The van der Waals surface area contributed by atoms with Crippen molar-refractivity contribution in [2.75, 3.05) is 25.5 Å². The number of piperidine rings is 1. The molecule has 0 saturated carbocycles. The van der Waals surface area contributed by atoms with Crippen LogP contribution < -0.4 is 20.7 Å². The van der Waals surface area contributed by atoms with E-state index in [9.17, 15) is 14.4 Å². The predicted molar refractivity (Wildman–Crippen MR) is 127 cm³/mol. The van der Waals surface area contributed by atoms with E-state index in [0.717, 1.165) is 16.8 Å². The number of methoxy groups -OCH3 is 1. The van der Waals surface area contributed by atoms with Crippen molar-refractivity contribution in [3.05, 3.63) is 59.7 Å². The molecule has 1 atom stereocenters. The lowest BCUT2D eigenvalue weighted by Crippen LogP contribution is -2.53. The predicted octanol–water partition coefficient (Wildman–Crippen LogP) is 2.86. The highest BCUT2D eigenvalue weighted by molar-refractivity contribution is 5.89. The van der Waals surface area contributed by atoms with Gasteiger partial charge >= 0.3 is 6.03 Å². The topological polar surface area (TPSA) is 99.8 Å². The summed E-state index contributed by atoms with van der Waals surface area (Å²) < 4.78 is 5.38. The fourth-order valence-electron chi connectivity index (χ4n) is 3.91. The van der Waals surface area contributed by atoms with E-state index in [1.807, 2.05) is 55.5 Å². The van der Waals surface area contributed by atoms with Crippen molar-refractivity contribution in [3.8, 4) is 5.75 Å². The largest absolute Gasteiger partial charge is 0.496 e. The van der Waals surface area contributed by atoms with E-state index in [2.05, 4.69) is 16.0 Å². The van der Waals surface area contributed by atoms with E-state index in [-0.39, 0.29) is 23.9 Å². The van der Waals surface area contributed by atoms with Gasteiger partial charge in [0.25, 0.3) is 0 Å². The van der Waals surface area contributed by atoms with E-state index in [0.29, 0.717) is 38.1 Å². The van der Waals surface area contributed by atoms with Gasteiger partial charge in [0.1, 0.15) is 11.8 Å². The summed E-state index contributed by atoms with van der Waals surface area (Å²) in [5.41, 5.74) is 2.74. The molecule has 4 amide bonds. The minimum absolute atomic E-state index is 0.0603. The first-order chi connectivity index (χ1) is 15.9. The Morgan fingerprint density at radius 3 is 2.36 bits per heavy atom. The molecule has 1 heterocycles. The molecular formula is C25H32N4O4. The number of likely N-dealkylation sites (tertiary alicyclic amines) is 1. The summed E-state index contributed by atoms with van der Waals surface area (Å²) >= 11 is 0. The van der Waals surface area contributed by atoms with Gasteiger partial charge in [-0.1, -0.05) is 35.9 Å². The maximum Gasteiger partial charge on any atom is 0.321 e. The van der Waals surface area contributed by atoms with Crippen LogP contribution in [-0.4, -0.2) is 55.0 Å². The number of benzene rings is 2. The van der Waals surface area contributed by atoms with Crippen LogP contribution in [0.25, 0.3) is 0 Å². The zero-order valence-electron chi connectivity index (χ0n) is 19.4. The number of nitrogens with one attached hydrogen (secondary N) is 3. The highest BCUT2D eigenvalue weighted by Crippen LogP contribution is 2.20. The van der Waals surface area contributed by atoms with Gasteiger partial charge < -0.3 is 25.6 Å². The average molecular weight is 453 g/mol. The molecule has 1 aliphatic heterocycles. The Morgan fingerprint density at radius 1 is 1.06 bits per heavy atom. The highest BCUT2D eigenvalue weighted by Gasteiger charge is 2.27. The Labute approximate surface area is 194 Å². The molecule has 3 N–H and O–H groups in total. The van der Waals surface area contributed by atoms with Crippen LogP contribution >= 0.6 is 0 Å². The van der Waals surface area contributed by atoms with Crippen LogP contribution in [0.3, 0.4) is 0 Å². The number of ether oxygens (including phenoxy) is 1. The van der Waals surface area contributed by atoms with E-state index >= 15 is 0 Å². The lowest BCUT2D eigenvalue weighted by molar-refractivity contribution is -0.128. The molecule has 8 nitrogen and oxygen atoms in total. The van der Waals surface area contributed by atoms with Gasteiger partial charge in [0.05, 0.1) is 7.11 Å². The van der Waals surface area contributed by atoms with Gasteiger partial charge in [0.2, 0.25) is 11.8 Å². The molecule has 1 fully saturated rings. The molecule has 1 saturated heterocycles. The third-order valence-electron chi connectivity index (χ3n) is 5.74. The summed E-state index contributed by atoms with van der Waals surface area (Å²) in [4.78, 5) is 39.0. The number of aryl methyl sites for hydroxylation is 1. The third-order valence-corrected chi connectivity index (χ3v) is 5.74. The average Bonchev–Trinajstić information content (AvgIpc) is 2.80. The van der Waals surface area contributed by atoms with Crippen LogP contribution in [0.15, 0.2) is 48.5 Å². The van der Waals surface area contributed by atoms with E-state index in [1.165, 1.54) is 6.92 Å². The molecule has 176 valence electrons. The van der Waals surface area contributed by atoms with Crippen molar-refractivity contribution in [1.82, 2.24) is 15.5 Å². The van der Waals surface area contributed by atoms with Crippen LogP contribution in [0, 0.1) is 6.92 Å². The van der Waals surface area contributed by atoms with Crippen LogP contribution in [0.2, 0.25) is 0 Å². The van der Waals surface area contributed by atoms with Crippen LogP contribution in [-0.2, 0) is 16.0 Å². The van der Waals surface area contributed by atoms with Gasteiger partial charge in [-0.25, -0.2) is 4.79 Å². The molecule has 33 heavy (non-hydrogen) atoms. The van der Waals surface area contributed by atoms with Crippen LogP contribution in [0.1, 0.15) is 30.9 Å². The van der Waals surface area contributed by atoms with Crippen molar-refractivity contribution >= 4 is 23.5 Å². The van der Waals surface area contributed by atoms with Gasteiger partial charge in [0.15, 0.2) is 0 Å². The first-order valence-electron chi connectivity index (χ1n) is 11.2. The molecule has 0 spiro atoms. The maximum absolute atomic E-state index is 13.0. The minimum Gasteiger partial charge on any atom is -0.496 e. The number of anilines is 1. The monoisotopic (exact) mass is 452 g/mol. The van der Waals surface area contributed by atoms with Gasteiger partial charge in [-0.15, -0.1) is 0 Å². The molecule has 8 heteroatoms. The van der Waals surface area contributed by atoms with Gasteiger partial charge in [-0.2, -0.15) is 0 Å². The highest BCUT2D eigenvalue weighted by atomic mass is 16.5. The SMILES string of the molecule is COc1ccccc1C[C@@H](NC(C)=O)C(=O)NC1CCN(C(=O)Nc2ccc(C)cc2)CC1. The Bertz CT molecular complexity index is 969. The number of carbonyl (C=O) groups is 3. The van der Waals surface area contributed by atoms with Gasteiger partial charge in [0, 0.05) is 38.2 Å². The first-order valence-corrected chi connectivity index (χ1v) is 11.2. The number of nitrogens with zero attached hydrogens (tertiary/aromatic N) is 1. The van der Waals surface area contributed by atoms with E-state index < -0.39 is 6.04 Å². The molecule has 1 aliphatic rings. The van der Waals surface area contributed by atoms with Crippen LogP contribution in [0.4, 0.5) is 10.5 Å². The number of urea groups is 1. The smallest absolute Gasteiger partial charge is 0.321 e. The zero-order chi connectivity index (χ0) is 23.8. The molecule has 0 bridgehead atoms. The summed E-state index contributed by atoms with van der Waals surface area (Å²) in [6, 6.07) is 14.2. The summed E-state index contributed by atoms with van der Waals surface area (Å²) in [7, 11) is 1.58. The summed E-state index contributed by atoms with van der Waals surface area (Å²) in [5, 5.41) is 8.70. The number of para-hydroxylation sites is 1. The molecule has 0 radical (unpaired) electrons. The van der Waals surface area contributed by atoms with Crippen molar-refractivity contribution in [2.45, 2.75) is 45.2 Å². The Hall–Kier alpha value is -3.55. The zero-order valence-corrected chi connectivity index (χ0v) is 19.4. The fraction of sp³-hybridized carbons (Fsp3) is 0.400. The Morgan fingerprint density at radius 2 is 1.73 bits per heavy atom. The van der Waals surface area contributed by atoms with Gasteiger partial charge in [-0.3, -0.25) is 9.59 Å². The molecular weight excluding hydrogens is 420 g/mol. The Kier molecular flexibility index (Phi) is 8.29. The standard InChI is InChI=1S/C25H32N4O4/c1-17-8-10-20(11-9-17)28-25(32)29-14-12-21(13-15-29)27-24(31)22(26-18(2)30)16-19-6-4-5-7-23(19)33-3/h4-11,21-22H,12-16H2,1-3H3,(H,26,30)(H,27,31)(H,28,32)/t22-/m1/s1. The second-order valence-electron chi connectivity index (χ2n) is 8.34. The number of amides is 4. The van der Waals surface area contributed by atoms with Crippen molar-refractivity contribution in [3.63, 3.8) is 0 Å². The summed E-state index contributed by atoms with van der Waals surface area (Å²) in [6.45, 7) is 4.48. The quantitative estimate of drug-likeness (QED) is 0.601. The summed E-state index contributed by atoms with van der Waals surface area (Å²) in [5.74, 6) is 0.167. The second kappa shape index (κ2) is 11.4. The van der Waals surface area contributed by atoms with Crippen molar-refractivity contribution in [1.29, 1.82) is 0 Å². The van der Waals surface area contributed by atoms with Gasteiger partial charge in [-0.05, 0) is 43.5 Å². The Balaban J connectivity index is 1.53. The lowest BCUT2D eigenvalue weighted by atomic mass is 10.0. The number of carbonyl (C=O) groups excluding carboxylic acids is 3. The normalized spacial score (nSPS) is 14.8. The molecule has 0 unspecified atom stereocenters. The number of rotatable bonds is 7. The second-order valence-corrected chi connectivity index (χ2v) is 8.34. The molecule has 0 aromatic heterocycles. The van der Waals surface area contributed by atoms with E-state index in [1.54, 1.807) is 12.0 Å². The molecule has 0 aliphatic carbocycles. The van der Waals surface area contributed by atoms with Crippen LogP contribution in [0.5, 0.6) is 5.75 Å². The number of hydrogen-bond acceptors (Lipinski definition) is 4. The van der Waals surface area contributed by atoms with E-state index in [4.69, 9.17) is 4.74 Å². The molecule has 2 aromatic carbocycles.